The zero-order chi connectivity index (χ0) is 16.8. The molecule has 0 radical (unpaired) electrons. The van der Waals surface area contributed by atoms with Crippen molar-refractivity contribution in [3.05, 3.63) is 22.4 Å². The van der Waals surface area contributed by atoms with Crippen LogP contribution >= 0.6 is 11.3 Å². The summed E-state index contributed by atoms with van der Waals surface area (Å²) in [7, 11) is 0. The third-order valence-corrected chi connectivity index (χ3v) is 5.84. The fourth-order valence-electron chi connectivity index (χ4n) is 3.57. The van der Waals surface area contributed by atoms with E-state index in [1.807, 2.05) is 22.4 Å². The van der Waals surface area contributed by atoms with Gasteiger partial charge in [0.15, 0.2) is 0 Å². The molecular formula is C18H27N3O2S. The fraction of sp³-hybridized carbons (Fsp3) is 0.667. The van der Waals surface area contributed by atoms with Gasteiger partial charge < -0.3 is 10.2 Å². The number of carbonyl (C=O) groups excluding carboxylic acids is 2. The van der Waals surface area contributed by atoms with Crippen molar-refractivity contribution in [2.24, 2.45) is 0 Å². The van der Waals surface area contributed by atoms with E-state index in [0.29, 0.717) is 25.7 Å². The Balaban J connectivity index is 1.40. The molecule has 24 heavy (non-hydrogen) atoms. The van der Waals surface area contributed by atoms with Gasteiger partial charge in [0.05, 0.1) is 11.4 Å². The number of carbonyl (C=O) groups is 2. The van der Waals surface area contributed by atoms with Crippen molar-refractivity contribution in [1.29, 1.82) is 0 Å². The maximum absolute atomic E-state index is 12.3. The zero-order valence-electron chi connectivity index (χ0n) is 14.2. The van der Waals surface area contributed by atoms with Gasteiger partial charge in [0.25, 0.3) is 5.91 Å². The number of nitrogens with zero attached hydrogens (tertiary/aromatic N) is 2. The summed E-state index contributed by atoms with van der Waals surface area (Å²) >= 11 is 1.49. The first-order chi connectivity index (χ1) is 11.7. The molecule has 5 nitrogen and oxygen atoms in total. The maximum atomic E-state index is 12.3. The van der Waals surface area contributed by atoms with Crippen LogP contribution in [0.5, 0.6) is 0 Å². The Labute approximate surface area is 148 Å². The molecular weight excluding hydrogens is 322 g/mol. The third-order valence-electron chi connectivity index (χ3n) is 4.98. The van der Waals surface area contributed by atoms with Crippen molar-refractivity contribution in [3.63, 3.8) is 0 Å². The average Bonchev–Trinajstić information content (AvgIpc) is 3.01. The van der Waals surface area contributed by atoms with E-state index in [2.05, 4.69) is 10.2 Å². The van der Waals surface area contributed by atoms with Gasteiger partial charge in [0.2, 0.25) is 5.91 Å². The lowest BCUT2D eigenvalue weighted by Crippen LogP contribution is -2.51. The first-order valence-electron chi connectivity index (χ1n) is 9.07. The monoisotopic (exact) mass is 349 g/mol. The second-order valence-electron chi connectivity index (χ2n) is 6.80. The average molecular weight is 350 g/mol. The molecule has 1 aliphatic heterocycles. The van der Waals surface area contributed by atoms with Crippen molar-refractivity contribution in [1.82, 2.24) is 15.1 Å². The van der Waals surface area contributed by atoms with E-state index in [0.717, 1.165) is 30.8 Å². The molecule has 2 heterocycles. The van der Waals surface area contributed by atoms with Crippen LogP contribution in [0.1, 0.15) is 48.2 Å². The Morgan fingerprint density at radius 3 is 2.42 bits per heavy atom. The second kappa shape index (κ2) is 8.62. The molecule has 1 saturated heterocycles. The van der Waals surface area contributed by atoms with E-state index in [-0.39, 0.29) is 11.8 Å². The van der Waals surface area contributed by atoms with Gasteiger partial charge in [-0.3, -0.25) is 14.5 Å². The van der Waals surface area contributed by atoms with Crippen LogP contribution in [0.3, 0.4) is 0 Å². The van der Waals surface area contributed by atoms with Crippen LogP contribution in [0.2, 0.25) is 0 Å². The van der Waals surface area contributed by atoms with Gasteiger partial charge in [-0.2, -0.15) is 0 Å². The largest absolute Gasteiger partial charge is 0.352 e. The number of thiophene rings is 1. The van der Waals surface area contributed by atoms with Crippen LogP contribution in [0.4, 0.5) is 0 Å². The number of amides is 2. The van der Waals surface area contributed by atoms with Crippen molar-refractivity contribution in [2.75, 3.05) is 32.7 Å². The molecule has 0 atom stereocenters. The molecule has 0 spiro atoms. The zero-order valence-corrected chi connectivity index (χ0v) is 15.0. The van der Waals surface area contributed by atoms with Gasteiger partial charge in [-0.1, -0.05) is 31.7 Å². The molecule has 1 saturated carbocycles. The van der Waals surface area contributed by atoms with Crippen LogP contribution < -0.4 is 5.32 Å². The SMILES string of the molecule is O=C(CN1CCN(C(=O)c2cccs2)CC1)NC1CCCCCC1. The maximum Gasteiger partial charge on any atom is 0.264 e. The van der Waals surface area contributed by atoms with Crippen molar-refractivity contribution >= 4 is 23.2 Å². The van der Waals surface area contributed by atoms with Crippen LogP contribution in [-0.4, -0.2) is 60.4 Å². The Hall–Kier alpha value is -1.40. The van der Waals surface area contributed by atoms with Gasteiger partial charge in [-0.25, -0.2) is 0 Å². The van der Waals surface area contributed by atoms with Gasteiger partial charge in [0, 0.05) is 32.2 Å². The van der Waals surface area contributed by atoms with Crippen LogP contribution in [-0.2, 0) is 4.79 Å². The predicted octanol–water partition coefficient (Wildman–Crippen LogP) is 2.34. The molecule has 2 amide bonds. The number of hydrogen-bond donors (Lipinski definition) is 1. The molecule has 3 rings (SSSR count). The van der Waals surface area contributed by atoms with Gasteiger partial charge in [0.1, 0.15) is 0 Å². The topological polar surface area (TPSA) is 52.7 Å². The summed E-state index contributed by atoms with van der Waals surface area (Å²) in [5, 5.41) is 5.13. The van der Waals surface area contributed by atoms with E-state index < -0.39 is 0 Å². The smallest absolute Gasteiger partial charge is 0.264 e. The molecule has 1 aromatic heterocycles. The van der Waals surface area contributed by atoms with E-state index in [9.17, 15) is 9.59 Å². The highest BCUT2D eigenvalue weighted by Crippen LogP contribution is 2.17. The quantitative estimate of drug-likeness (QED) is 0.849. The molecule has 132 valence electrons. The summed E-state index contributed by atoms with van der Waals surface area (Å²) in [5.74, 6) is 0.257. The molecule has 1 N–H and O–H groups in total. The van der Waals surface area contributed by atoms with Crippen molar-refractivity contribution in [3.8, 4) is 0 Å². The van der Waals surface area contributed by atoms with Crippen LogP contribution in [0.25, 0.3) is 0 Å². The Morgan fingerprint density at radius 2 is 1.79 bits per heavy atom. The number of piperazine rings is 1. The van der Waals surface area contributed by atoms with E-state index in [4.69, 9.17) is 0 Å². The van der Waals surface area contributed by atoms with Gasteiger partial charge in [-0.15, -0.1) is 11.3 Å². The Morgan fingerprint density at radius 1 is 1.08 bits per heavy atom. The van der Waals surface area contributed by atoms with Crippen LogP contribution in [0.15, 0.2) is 17.5 Å². The van der Waals surface area contributed by atoms with E-state index in [1.54, 1.807) is 0 Å². The molecule has 1 aromatic rings. The molecule has 1 aliphatic carbocycles. The highest BCUT2D eigenvalue weighted by Gasteiger charge is 2.24. The van der Waals surface area contributed by atoms with Gasteiger partial charge in [-0.05, 0) is 24.3 Å². The first-order valence-corrected chi connectivity index (χ1v) is 9.95. The summed E-state index contributed by atoms with van der Waals surface area (Å²) in [6.07, 6.45) is 7.30. The Kier molecular flexibility index (Phi) is 6.26. The highest BCUT2D eigenvalue weighted by molar-refractivity contribution is 7.12. The fourth-order valence-corrected chi connectivity index (χ4v) is 4.26. The summed E-state index contributed by atoms with van der Waals surface area (Å²) in [5.41, 5.74) is 0. The summed E-state index contributed by atoms with van der Waals surface area (Å²) in [6.45, 7) is 3.41. The molecule has 6 heteroatoms. The highest BCUT2D eigenvalue weighted by atomic mass is 32.1. The summed E-state index contributed by atoms with van der Waals surface area (Å²) in [4.78, 5) is 29.4. The molecule has 2 fully saturated rings. The molecule has 2 aliphatic rings. The number of hydrogen-bond acceptors (Lipinski definition) is 4. The minimum atomic E-state index is 0.118. The minimum Gasteiger partial charge on any atom is -0.352 e. The van der Waals surface area contributed by atoms with Crippen molar-refractivity contribution in [2.45, 2.75) is 44.6 Å². The molecule has 0 unspecified atom stereocenters. The standard InChI is InChI=1S/C18H27N3O2S/c22-17(19-15-6-3-1-2-4-7-15)14-20-9-11-21(12-10-20)18(23)16-8-5-13-24-16/h5,8,13,15H,1-4,6-7,9-12,14H2,(H,19,22). The number of rotatable bonds is 4. The van der Waals surface area contributed by atoms with E-state index in [1.165, 1.54) is 37.0 Å². The normalized spacial score (nSPS) is 20.6. The Bertz CT molecular complexity index is 530. The third kappa shape index (κ3) is 4.80. The molecule has 0 bridgehead atoms. The molecule has 0 aromatic carbocycles. The lowest BCUT2D eigenvalue weighted by atomic mass is 10.1. The minimum absolute atomic E-state index is 0.118. The lowest BCUT2D eigenvalue weighted by Gasteiger charge is -2.34. The van der Waals surface area contributed by atoms with Gasteiger partial charge >= 0.3 is 0 Å². The second-order valence-corrected chi connectivity index (χ2v) is 7.75. The lowest BCUT2D eigenvalue weighted by molar-refractivity contribution is -0.123. The van der Waals surface area contributed by atoms with E-state index >= 15 is 0 Å². The first kappa shape index (κ1) is 17.4. The number of nitrogens with one attached hydrogen (secondary N) is 1. The predicted molar refractivity (Wildman–Crippen MR) is 96.3 cm³/mol. The van der Waals surface area contributed by atoms with Crippen LogP contribution in [0, 0.1) is 0 Å². The summed E-state index contributed by atoms with van der Waals surface area (Å²) in [6, 6.07) is 4.15. The van der Waals surface area contributed by atoms with Crippen molar-refractivity contribution < 1.29 is 9.59 Å². The summed E-state index contributed by atoms with van der Waals surface area (Å²) < 4.78 is 0.